The number of carbonyl (C=O) groups is 1. The second-order valence-corrected chi connectivity index (χ2v) is 8.30. The molecule has 2 unspecified atom stereocenters. The number of para-hydroxylation sites is 1. The molecule has 28 heavy (non-hydrogen) atoms. The van der Waals surface area contributed by atoms with Gasteiger partial charge in [0.25, 0.3) is 0 Å². The summed E-state index contributed by atoms with van der Waals surface area (Å²) in [6, 6.07) is 10.7. The lowest BCUT2D eigenvalue weighted by molar-refractivity contribution is 0.0507. The summed E-state index contributed by atoms with van der Waals surface area (Å²) in [5.41, 5.74) is 0.704. The minimum absolute atomic E-state index is 0.0674. The third-order valence-electron chi connectivity index (χ3n) is 4.80. The first-order valence-electron chi connectivity index (χ1n) is 9.92. The van der Waals surface area contributed by atoms with Gasteiger partial charge in [0.15, 0.2) is 5.96 Å². The van der Waals surface area contributed by atoms with Crippen LogP contribution in [0.4, 0.5) is 10.5 Å². The van der Waals surface area contributed by atoms with Crippen molar-refractivity contribution in [1.82, 2.24) is 15.5 Å². The molecular formula is C21H35N5O2. The molecule has 1 aliphatic rings. The highest BCUT2D eigenvalue weighted by Crippen LogP contribution is 2.14. The van der Waals surface area contributed by atoms with E-state index in [1.54, 1.807) is 7.05 Å². The van der Waals surface area contributed by atoms with E-state index in [1.807, 2.05) is 39.0 Å². The summed E-state index contributed by atoms with van der Waals surface area (Å²) in [7, 11) is 3.89. The highest BCUT2D eigenvalue weighted by Gasteiger charge is 2.28. The topological polar surface area (TPSA) is 69.2 Å². The zero-order valence-electron chi connectivity index (χ0n) is 18.0. The van der Waals surface area contributed by atoms with Crippen LogP contribution in [-0.4, -0.2) is 68.4 Å². The molecule has 0 saturated carbocycles. The molecule has 1 aliphatic heterocycles. The minimum atomic E-state index is -0.485. The van der Waals surface area contributed by atoms with Crippen molar-refractivity contribution in [2.75, 3.05) is 38.6 Å². The van der Waals surface area contributed by atoms with Crippen LogP contribution < -0.4 is 15.5 Å². The third kappa shape index (κ3) is 6.62. The van der Waals surface area contributed by atoms with Gasteiger partial charge in [-0.3, -0.25) is 4.99 Å². The van der Waals surface area contributed by atoms with Gasteiger partial charge in [0.05, 0.1) is 6.04 Å². The molecule has 1 amide bonds. The predicted molar refractivity (Wildman–Crippen MR) is 115 cm³/mol. The smallest absolute Gasteiger partial charge is 0.407 e. The molecule has 0 aromatic heterocycles. The zero-order chi connectivity index (χ0) is 20.7. The summed E-state index contributed by atoms with van der Waals surface area (Å²) < 4.78 is 5.35. The average molecular weight is 390 g/mol. The summed E-state index contributed by atoms with van der Waals surface area (Å²) >= 11 is 0. The number of hydrogen-bond acceptors (Lipinski definition) is 4. The lowest BCUT2D eigenvalue weighted by Crippen LogP contribution is -2.47. The van der Waals surface area contributed by atoms with Gasteiger partial charge in [0.1, 0.15) is 5.60 Å². The van der Waals surface area contributed by atoms with Crippen molar-refractivity contribution in [3.63, 3.8) is 0 Å². The molecule has 1 heterocycles. The van der Waals surface area contributed by atoms with E-state index in [-0.39, 0.29) is 12.1 Å². The fourth-order valence-electron chi connectivity index (χ4n) is 3.17. The predicted octanol–water partition coefficient (Wildman–Crippen LogP) is 2.69. The van der Waals surface area contributed by atoms with Crippen LogP contribution in [0, 0.1) is 0 Å². The summed E-state index contributed by atoms with van der Waals surface area (Å²) in [5.74, 6) is 0.863. The molecule has 7 nitrogen and oxygen atoms in total. The second-order valence-electron chi connectivity index (χ2n) is 8.30. The Balaban J connectivity index is 1.81. The number of hydrogen-bond donors (Lipinski definition) is 2. The second kappa shape index (κ2) is 9.66. The van der Waals surface area contributed by atoms with Crippen molar-refractivity contribution in [3.8, 4) is 0 Å². The molecule has 1 aromatic carbocycles. The van der Waals surface area contributed by atoms with E-state index < -0.39 is 5.60 Å². The molecule has 156 valence electrons. The number of anilines is 1. The summed E-state index contributed by atoms with van der Waals surface area (Å²) in [4.78, 5) is 20.8. The highest BCUT2D eigenvalue weighted by atomic mass is 16.6. The van der Waals surface area contributed by atoms with Crippen molar-refractivity contribution in [2.24, 2.45) is 4.99 Å². The Morgan fingerprint density at radius 1 is 1.36 bits per heavy atom. The van der Waals surface area contributed by atoms with Gasteiger partial charge in [-0.25, -0.2) is 4.79 Å². The number of amides is 1. The van der Waals surface area contributed by atoms with Crippen molar-refractivity contribution in [1.29, 1.82) is 0 Å². The van der Waals surface area contributed by atoms with Gasteiger partial charge in [-0.05, 0) is 46.2 Å². The molecule has 1 saturated heterocycles. The lowest BCUT2D eigenvalue weighted by atomic mass is 10.2. The zero-order valence-corrected chi connectivity index (χ0v) is 18.0. The van der Waals surface area contributed by atoms with Crippen molar-refractivity contribution < 1.29 is 9.53 Å². The number of likely N-dealkylation sites (N-methyl/N-ethyl adjacent to an activating group) is 1. The Labute approximate surface area is 169 Å². The van der Waals surface area contributed by atoms with E-state index in [4.69, 9.17) is 4.74 Å². The minimum Gasteiger partial charge on any atom is -0.444 e. The van der Waals surface area contributed by atoms with Gasteiger partial charge in [-0.15, -0.1) is 0 Å². The van der Waals surface area contributed by atoms with Crippen LogP contribution in [-0.2, 0) is 4.74 Å². The van der Waals surface area contributed by atoms with Crippen molar-refractivity contribution in [3.05, 3.63) is 30.3 Å². The quantitative estimate of drug-likeness (QED) is 0.599. The van der Waals surface area contributed by atoms with E-state index in [9.17, 15) is 4.79 Å². The fourth-order valence-corrected chi connectivity index (χ4v) is 3.17. The molecule has 0 spiro atoms. The Hall–Kier alpha value is -2.44. The Kier molecular flexibility index (Phi) is 7.54. The summed E-state index contributed by atoms with van der Waals surface area (Å²) in [5, 5.41) is 6.42. The Morgan fingerprint density at radius 2 is 2.04 bits per heavy atom. The first-order chi connectivity index (χ1) is 13.2. The van der Waals surface area contributed by atoms with Gasteiger partial charge < -0.3 is 25.2 Å². The fraction of sp³-hybridized carbons (Fsp3) is 0.619. The highest BCUT2D eigenvalue weighted by molar-refractivity contribution is 5.80. The molecule has 0 aliphatic carbocycles. The van der Waals surface area contributed by atoms with Gasteiger partial charge in [0.2, 0.25) is 0 Å². The molecule has 7 heteroatoms. The number of nitrogens with zero attached hydrogens (tertiary/aromatic N) is 3. The van der Waals surface area contributed by atoms with Crippen LogP contribution >= 0.6 is 0 Å². The summed E-state index contributed by atoms with van der Waals surface area (Å²) in [6.45, 7) is 10.1. The Morgan fingerprint density at radius 3 is 2.64 bits per heavy atom. The van der Waals surface area contributed by atoms with Crippen LogP contribution in [0.2, 0.25) is 0 Å². The molecule has 1 aromatic rings. The monoisotopic (exact) mass is 389 g/mol. The van der Waals surface area contributed by atoms with E-state index in [1.165, 1.54) is 5.69 Å². The SMILES string of the molecule is CN=C(NCC(C)N(C)c1ccccc1)N1CCC(NC(=O)OC(C)(C)C)C1. The first kappa shape index (κ1) is 21.9. The van der Waals surface area contributed by atoms with E-state index in [0.717, 1.165) is 32.0 Å². The number of carbonyl (C=O) groups excluding carboxylic acids is 1. The van der Waals surface area contributed by atoms with E-state index in [0.29, 0.717) is 6.04 Å². The van der Waals surface area contributed by atoms with Gasteiger partial charge >= 0.3 is 6.09 Å². The average Bonchev–Trinajstić information content (AvgIpc) is 3.08. The maximum absolute atomic E-state index is 12.0. The number of benzene rings is 1. The van der Waals surface area contributed by atoms with Gasteiger partial charge in [0, 0.05) is 45.5 Å². The van der Waals surface area contributed by atoms with Crippen LogP contribution in [0.1, 0.15) is 34.1 Å². The number of guanidine groups is 1. The van der Waals surface area contributed by atoms with E-state index in [2.05, 4.69) is 51.5 Å². The molecule has 2 atom stereocenters. The van der Waals surface area contributed by atoms with E-state index >= 15 is 0 Å². The number of ether oxygens (including phenoxy) is 1. The number of aliphatic imine (C=N–C) groups is 1. The maximum Gasteiger partial charge on any atom is 0.407 e. The molecular weight excluding hydrogens is 354 g/mol. The maximum atomic E-state index is 12.0. The van der Waals surface area contributed by atoms with Crippen LogP contribution in [0.25, 0.3) is 0 Å². The molecule has 2 N–H and O–H groups in total. The standard InChI is InChI=1S/C21H35N5O2/c1-16(25(6)18-10-8-7-9-11-18)14-23-19(22-5)26-13-12-17(15-26)24-20(27)28-21(2,3)4/h7-11,16-17H,12-15H2,1-6H3,(H,22,23)(H,24,27). The van der Waals surface area contributed by atoms with Crippen molar-refractivity contribution in [2.45, 2.75) is 51.8 Å². The first-order valence-corrected chi connectivity index (χ1v) is 9.92. The van der Waals surface area contributed by atoms with Crippen LogP contribution in [0.3, 0.4) is 0 Å². The van der Waals surface area contributed by atoms with Gasteiger partial charge in [-0.2, -0.15) is 0 Å². The largest absolute Gasteiger partial charge is 0.444 e. The number of nitrogens with one attached hydrogen (secondary N) is 2. The van der Waals surface area contributed by atoms with Gasteiger partial charge in [-0.1, -0.05) is 18.2 Å². The normalized spacial score (nSPS) is 18.6. The number of likely N-dealkylation sites (tertiary alicyclic amines) is 1. The molecule has 1 fully saturated rings. The molecule has 2 rings (SSSR count). The van der Waals surface area contributed by atoms with Crippen LogP contribution in [0.5, 0.6) is 0 Å². The Bertz CT molecular complexity index is 657. The third-order valence-corrected chi connectivity index (χ3v) is 4.80. The lowest BCUT2D eigenvalue weighted by Gasteiger charge is -2.29. The number of rotatable bonds is 5. The molecule has 0 radical (unpaired) electrons. The molecule has 0 bridgehead atoms. The summed E-state index contributed by atoms with van der Waals surface area (Å²) in [6.07, 6.45) is 0.514. The van der Waals surface area contributed by atoms with Crippen LogP contribution in [0.15, 0.2) is 35.3 Å². The number of alkyl carbamates (subject to hydrolysis) is 1. The van der Waals surface area contributed by atoms with Crippen molar-refractivity contribution >= 4 is 17.7 Å².